The molecular weight excluding hydrogens is 340 g/mol. The third-order valence-corrected chi connectivity index (χ3v) is 3.44. The van der Waals surface area contributed by atoms with Crippen molar-refractivity contribution in [3.05, 3.63) is 51.7 Å². The minimum Gasteiger partial charge on any atom is -0.454 e. The van der Waals surface area contributed by atoms with Gasteiger partial charge in [-0.25, -0.2) is 0 Å². The van der Waals surface area contributed by atoms with Gasteiger partial charge < -0.3 is 10.1 Å². The number of pyridine rings is 1. The topological polar surface area (TPSA) is 34.2 Å². The van der Waals surface area contributed by atoms with Crippen molar-refractivity contribution in [2.75, 3.05) is 6.54 Å². The zero-order valence-electron chi connectivity index (χ0n) is 11.2. The molecule has 0 saturated heterocycles. The third kappa shape index (κ3) is 4.47. The summed E-state index contributed by atoms with van der Waals surface area (Å²) in [6.45, 7) is 3.91. The van der Waals surface area contributed by atoms with Gasteiger partial charge in [-0.15, -0.1) is 0 Å². The molecule has 1 aromatic carbocycles. The van der Waals surface area contributed by atoms with E-state index in [0.717, 1.165) is 29.5 Å². The van der Waals surface area contributed by atoms with E-state index in [-0.39, 0.29) is 0 Å². The lowest BCUT2D eigenvalue weighted by Crippen LogP contribution is -2.13. The summed E-state index contributed by atoms with van der Waals surface area (Å²) in [5, 5.41) is 3.90. The SMILES string of the molecule is CCCNCc1cncc(Oc2ccc(Br)cc2Cl)c1. The lowest BCUT2D eigenvalue weighted by Gasteiger charge is -2.09. The molecule has 5 heteroatoms. The summed E-state index contributed by atoms with van der Waals surface area (Å²) in [4.78, 5) is 4.19. The van der Waals surface area contributed by atoms with Crippen LogP contribution >= 0.6 is 27.5 Å². The maximum absolute atomic E-state index is 6.13. The van der Waals surface area contributed by atoms with Gasteiger partial charge in [-0.05, 0) is 42.8 Å². The molecule has 0 unspecified atom stereocenters. The van der Waals surface area contributed by atoms with Crippen molar-refractivity contribution >= 4 is 27.5 Å². The van der Waals surface area contributed by atoms with Crippen LogP contribution in [-0.2, 0) is 6.54 Å². The number of hydrogen-bond acceptors (Lipinski definition) is 3. The number of ether oxygens (including phenoxy) is 1. The zero-order valence-corrected chi connectivity index (χ0v) is 13.5. The Morgan fingerprint density at radius 2 is 2.15 bits per heavy atom. The van der Waals surface area contributed by atoms with E-state index in [1.807, 2.05) is 24.4 Å². The smallest absolute Gasteiger partial charge is 0.146 e. The maximum atomic E-state index is 6.13. The Labute approximate surface area is 132 Å². The molecule has 0 spiro atoms. The summed E-state index contributed by atoms with van der Waals surface area (Å²) >= 11 is 9.50. The number of hydrogen-bond donors (Lipinski definition) is 1. The standard InChI is InChI=1S/C15H16BrClN2O/c1-2-5-18-8-11-6-13(10-19-9-11)20-15-4-3-12(16)7-14(15)17/h3-4,6-7,9-10,18H,2,5,8H2,1H3. The highest BCUT2D eigenvalue weighted by Gasteiger charge is 2.05. The number of aromatic nitrogens is 1. The number of nitrogens with zero attached hydrogens (tertiary/aromatic N) is 1. The van der Waals surface area contributed by atoms with Crippen LogP contribution in [-0.4, -0.2) is 11.5 Å². The highest BCUT2D eigenvalue weighted by Crippen LogP contribution is 2.31. The predicted octanol–water partition coefficient (Wildman–Crippen LogP) is 4.79. The van der Waals surface area contributed by atoms with E-state index in [1.54, 1.807) is 12.3 Å². The van der Waals surface area contributed by atoms with Gasteiger partial charge in [0.15, 0.2) is 0 Å². The second-order valence-corrected chi connectivity index (χ2v) is 5.71. The lowest BCUT2D eigenvalue weighted by atomic mass is 10.2. The molecule has 1 N–H and O–H groups in total. The Kier molecular flexibility index (Phi) is 5.83. The van der Waals surface area contributed by atoms with Crippen LogP contribution in [0.5, 0.6) is 11.5 Å². The highest BCUT2D eigenvalue weighted by atomic mass is 79.9. The van der Waals surface area contributed by atoms with Crippen LogP contribution < -0.4 is 10.1 Å². The normalized spacial score (nSPS) is 10.6. The van der Waals surface area contributed by atoms with E-state index in [2.05, 4.69) is 33.2 Å². The quantitative estimate of drug-likeness (QED) is 0.757. The van der Waals surface area contributed by atoms with Gasteiger partial charge >= 0.3 is 0 Å². The van der Waals surface area contributed by atoms with Crippen LogP contribution in [0.2, 0.25) is 5.02 Å². The monoisotopic (exact) mass is 354 g/mol. The minimum atomic E-state index is 0.564. The third-order valence-electron chi connectivity index (χ3n) is 2.65. The molecule has 0 aliphatic carbocycles. The van der Waals surface area contributed by atoms with Crippen LogP contribution in [0.1, 0.15) is 18.9 Å². The average Bonchev–Trinajstić information content (AvgIpc) is 2.43. The predicted molar refractivity (Wildman–Crippen MR) is 85.5 cm³/mol. The molecule has 0 atom stereocenters. The van der Waals surface area contributed by atoms with Gasteiger partial charge in [-0.1, -0.05) is 34.5 Å². The molecule has 3 nitrogen and oxygen atoms in total. The van der Waals surface area contributed by atoms with E-state index in [1.165, 1.54) is 0 Å². The largest absolute Gasteiger partial charge is 0.454 e. The van der Waals surface area contributed by atoms with Crippen LogP contribution in [0.4, 0.5) is 0 Å². The summed E-state index contributed by atoms with van der Waals surface area (Å²) in [6, 6.07) is 7.49. The van der Waals surface area contributed by atoms with E-state index in [9.17, 15) is 0 Å². The molecule has 1 aromatic heterocycles. The number of halogens is 2. The molecule has 1 heterocycles. The van der Waals surface area contributed by atoms with Crippen LogP contribution in [0, 0.1) is 0 Å². The Bertz CT molecular complexity index is 578. The maximum Gasteiger partial charge on any atom is 0.146 e. The van der Waals surface area contributed by atoms with Crippen molar-refractivity contribution in [2.45, 2.75) is 19.9 Å². The van der Waals surface area contributed by atoms with E-state index < -0.39 is 0 Å². The van der Waals surface area contributed by atoms with Gasteiger partial charge in [-0.2, -0.15) is 0 Å². The van der Waals surface area contributed by atoms with Gasteiger partial charge in [0, 0.05) is 17.2 Å². The molecule has 0 aliphatic rings. The first-order valence-corrected chi connectivity index (χ1v) is 7.63. The molecule has 106 valence electrons. The molecule has 20 heavy (non-hydrogen) atoms. The molecule has 0 bridgehead atoms. The summed E-state index contributed by atoms with van der Waals surface area (Å²) in [5.74, 6) is 1.31. The van der Waals surface area contributed by atoms with Crippen LogP contribution in [0.15, 0.2) is 41.1 Å². The molecule has 2 rings (SSSR count). The first kappa shape index (κ1) is 15.3. The number of benzene rings is 1. The average molecular weight is 356 g/mol. The molecule has 0 fully saturated rings. The van der Waals surface area contributed by atoms with E-state index >= 15 is 0 Å². The van der Waals surface area contributed by atoms with E-state index in [0.29, 0.717) is 16.5 Å². The Hall–Kier alpha value is -1.10. The fourth-order valence-corrected chi connectivity index (χ4v) is 2.42. The van der Waals surface area contributed by atoms with Crippen molar-refractivity contribution in [3.63, 3.8) is 0 Å². The van der Waals surface area contributed by atoms with Gasteiger partial charge in [0.2, 0.25) is 0 Å². The lowest BCUT2D eigenvalue weighted by molar-refractivity contribution is 0.479. The molecule has 0 amide bonds. The van der Waals surface area contributed by atoms with Crippen LogP contribution in [0.3, 0.4) is 0 Å². The highest BCUT2D eigenvalue weighted by molar-refractivity contribution is 9.10. The molecule has 0 saturated carbocycles. The summed E-state index contributed by atoms with van der Waals surface area (Å²) in [5.41, 5.74) is 1.09. The molecule has 0 radical (unpaired) electrons. The van der Waals surface area contributed by atoms with Crippen molar-refractivity contribution in [2.24, 2.45) is 0 Å². The number of rotatable bonds is 6. The first-order valence-electron chi connectivity index (χ1n) is 6.46. The van der Waals surface area contributed by atoms with Gasteiger partial charge in [0.05, 0.1) is 11.2 Å². The Morgan fingerprint density at radius 1 is 1.30 bits per heavy atom. The van der Waals surface area contributed by atoms with Crippen molar-refractivity contribution in [3.8, 4) is 11.5 Å². The fourth-order valence-electron chi connectivity index (χ4n) is 1.71. The number of nitrogens with one attached hydrogen (secondary N) is 1. The molecule has 2 aromatic rings. The van der Waals surface area contributed by atoms with Gasteiger partial charge in [0.1, 0.15) is 11.5 Å². The first-order chi connectivity index (χ1) is 9.69. The van der Waals surface area contributed by atoms with Crippen molar-refractivity contribution < 1.29 is 4.74 Å². The summed E-state index contributed by atoms with van der Waals surface area (Å²) in [6.07, 6.45) is 4.62. The van der Waals surface area contributed by atoms with E-state index in [4.69, 9.17) is 16.3 Å². The van der Waals surface area contributed by atoms with Crippen molar-refractivity contribution in [1.82, 2.24) is 10.3 Å². The zero-order chi connectivity index (χ0) is 14.4. The van der Waals surface area contributed by atoms with Crippen molar-refractivity contribution in [1.29, 1.82) is 0 Å². The second kappa shape index (κ2) is 7.62. The molecule has 0 aliphatic heterocycles. The van der Waals surface area contributed by atoms with Crippen LogP contribution in [0.25, 0.3) is 0 Å². The summed E-state index contributed by atoms with van der Waals surface area (Å²) < 4.78 is 6.69. The second-order valence-electron chi connectivity index (χ2n) is 4.38. The minimum absolute atomic E-state index is 0.564. The fraction of sp³-hybridized carbons (Fsp3) is 0.267. The Morgan fingerprint density at radius 3 is 2.90 bits per heavy atom. The Balaban J connectivity index is 2.07. The molecular formula is C15H16BrClN2O. The summed E-state index contributed by atoms with van der Waals surface area (Å²) in [7, 11) is 0. The van der Waals surface area contributed by atoms with Gasteiger partial charge in [-0.3, -0.25) is 4.98 Å². The van der Waals surface area contributed by atoms with Gasteiger partial charge in [0.25, 0.3) is 0 Å².